The first-order valence-electron chi connectivity index (χ1n) is 8.32. The van der Waals surface area contributed by atoms with Crippen molar-refractivity contribution in [3.8, 4) is 5.75 Å². The highest BCUT2D eigenvalue weighted by Crippen LogP contribution is 2.34. The molecule has 1 aromatic carbocycles. The van der Waals surface area contributed by atoms with Crippen LogP contribution in [0.5, 0.6) is 5.75 Å². The van der Waals surface area contributed by atoms with E-state index in [1.807, 2.05) is 0 Å². The van der Waals surface area contributed by atoms with E-state index in [2.05, 4.69) is 54.2 Å². The fraction of sp³-hybridized carbons (Fsp3) is 0.667. The molecule has 2 rings (SSSR count). The third-order valence-electron chi connectivity index (χ3n) is 4.51. The molecule has 0 aromatic heterocycles. The zero-order chi connectivity index (χ0) is 15.2. The molecular formula is C18H28BrNO. The van der Waals surface area contributed by atoms with E-state index in [0.717, 1.165) is 23.3 Å². The van der Waals surface area contributed by atoms with Crippen molar-refractivity contribution in [2.45, 2.75) is 65.5 Å². The van der Waals surface area contributed by atoms with E-state index in [0.29, 0.717) is 12.0 Å². The molecular weight excluding hydrogens is 326 g/mol. The van der Waals surface area contributed by atoms with Gasteiger partial charge in [0.05, 0.1) is 0 Å². The Kier molecular flexibility index (Phi) is 6.56. The number of ether oxygens (including phenoxy) is 1. The number of benzene rings is 1. The van der Waals surface area contributed by atoms with Crippen LogP contribution < -0.4 is 10.1 Å². The summed E-state index contributed by atoms with van der Waals surface area (Å²) in [7, 11) is 0. The molecule has 0 aliphatic heterocycles. The van der Waals surface area contributed by atoms with E-state index >= 15 is 0 Å². The quantitative estimate of drug-likeness (QED) is 0.757. The third kappa shape index (κ3) is 4.46. The molecule has 3 heteroatoms. The molecule has 0 spiro atoms. The van der Waals surface area contributed by atoms with Crippen LogP contribution >= 0.6 is 15.9 Å². The fourth-order valence-corrected chi connectivity index (χ4v) is 3.93. The summed E-state index contributed by atoms with van der Waals surface area (Å²) in [5, 5.41) is 3.42. The van der Waals surface area contributed by atoms with Gasteiger partial charge in [0.15, 0.2) is 0 Å². The summed E-state index contributed by atoms with van der Waals surface area (Å²) in [6, 6.07) is 4.35. The van der Waals surface area contributed by atoms with E-state index in [4.69, 9.17) is 4.74 Å². The molecule has 0 amide bonds. The number of hydrogen-bond donors (Lipinski definition) is 1. The minimum Gasteiger partial charge on any atom is -0.490 e. The summed E-state index contributed by atoms with van der Waals surface area (Å²) in [4.78, 5) is 0. The van der Waals surface area contributed by atoms with Crippen molar-refractivity contribution < 1.29 is 4.74 Å². The molecule has 2 atom stereocenters. The molecule has 0 bridgehead atoms. The van der Waals surface area contributed by atoms with Crippen LogP contribution in [-0.2, 0) is 6.54 Å². The second-order valence-electron chi connectivity index (χ2n) is 6.10. The maximum absolute atomic E-state index is 6.51. The second kappa shape index (κ2) is 8.19. The van der Waals surface area contributed by atoms with Crippen LogP contribution in [-0.4, -0.2) is 12.6 Å². The minimum atomic E-state index is 0.393. The first kappa shape index (κ1) is 16.8. The van der Waals surface area contributed by atoms with Gasteiger partial charge in [0.2, 0.25) is 0 Å². The van der Waals surface area contributed by atoms with Crippen LogP contribution in [0.1, 0.15) is 57.1 Å². The zero-order valence-corrected chi connectivity index (χ0v) is 15.1. The van der Waals surface area contributed by atoms with Crippen molar-refractivity contribution in [1.82, 2.24) is 5.32 Å². The average Bonchev–Trinajstić information content (AvgIpc) is 2.48. The average molecular weight is 354 g/mol. The Morgan fingerprint density at radius 2 is 2.00 bits per heavy atom. The van der Waals surface area contributed by atoms with Gasteiger partial charge in [0, 0.05) is 16.6 Å². The Balaban J connectivity index is 2.20. The number of halogens is 1. The molecule has 1 N–H and O–H groups in total. The standard InChI is InChI=1S/C18H28BrNO/c1-4-14-8-6-7-9-17(14)21-18-13(3)10-16(19)11-15(18)12-20-5-2/h10-11,14,17,20H,4-9,12H2,1-3H3. The van der Waals surface area contributed by atoms with Gasteiger partial charge in [-0.15, -0.1) is 0 Å². The van der Waals surface area contributed by atoms with Crippen LogP contribution in [0.4, 0.5) is 0 Å². The Hall–Kier alpha value is -0.540. The second-order valence-corrected chi connectivity index (χ2v) is 7.02. The lowest BCUT2D eigenvalue weighted by Crippen LogP contribution is -2.30. The SMILES string of the molecule is CCNCc1cc(Br)cc(C)c1OC1CCCCC1CC. The fourth-order valence-electron chi connectivity index (χ4n) is 3.31. The highest BCUT2D eigenvalue weighted by molar-refractivity contribution is 9.10. The van der Waals surface area contributed by atoms with Crippen molar-refractivity contribution in [1.29, 1.82) is 0 Å². The van der Waals surface area contributed by atoms with E-state index in [1.54, 1.807) is 0 Å². The molecule has 1 saturated carbocycles. The summed E-state index contributed by atoms with van der Waals surface area (Å²) in [5.74, 6) is 1.82. The highest BCUT2D eigenvalue weighted by atomic mass is 79.9. The molecule has 0 saturated heterocycles. The molecule has 0 heterocycles. The lowest BCUT2D eigenvalue weighted by atomic mass is 9.84. The van der Waals surface area contributed by atoms with Gasteiger partial charge in [0.1, 0.15) is 11.9 Å². The highest BCUT2D eigenvalue weighted by Gasteiger charge is 2.26. The monoisotopic (exact) mass is 353 g/mol. The number of aryl methyl sites for hydroxylation is 1. The van der Waals surface area contributed by atoms with Crippen molar-refractivity contribution in [2.24, 2.45) is 5.92 Å². The first-order chi connectivity index (χ1) is 10.2. The summed E-state index contributed by atoms with van der Waals surface area (Å²) < 4.78 is 7.65. The van der Waals surface area contributed by atoms with E-state index in [-0.39, 0.29) is 0 Å². The lowest BCUT2D eigenvalue weighted by molar-refractivity contribution is 0.0886. The van der Waals surface area contributed by atoms with Crippen molar-refractivity contribution >= 4 is 15.9 Å². The topological polar surface area (TPSA) is 21.3 Å². The van der Waals surface area contributed by atoms with Crippen LogP contribution in [0.15, 0.2) is 16.6 Å². The molecule has 1 aromatic rings. The van der Waals surface area contributed by atoms with Gasteiger partial charge in [-0.25, -0.2) is 0 Å². The van der Waals surface area contributed by atoms with Gasteiger partial charge >= 0.3 is 0 Å². The van der Waals surface area contributed by atoms with Crippen LogP contribution in [0.3, 0.4) is 0 Å². The Morgan fingerprint density at radius 3 is 2.71 bits per heavy atom. The number of rotatable bonds is 6. The molecule has 21 heavy (non-hydrogen) atoms. The Labute approximate surface area is 137 Å². The predicted molar refractivity (Wildman–Crippen MR) is 92.9 cm³/mol. The van der Waals surface area contributed by atoms with Gasteiger partial charge in [0.25, 0.3) is 0 Å². The van der Waals surface area contributed by atoms with E-state index < -0.39 is 0 Å². The molecule has 1 aliphatic carbocycles. The first-order valence-corrected chi connectivity index (χ1v) is 9.11. The molecule has 1 fully saturated rings. The predicted octanol–water partition coefficient (Wildman–Crippen LogP) is 5.21. The van der Waals surface area contributed by atoms with Gasteiger partial charge in [-0.05, 0) is 62.8 Å². The van der Waals surface area contributed by atoms with Crippen molar-refractivity contribution in [2.75, 3.05) is 6.54 Å². The van der Waals surface area contributed by atoms with Gasteiger partial charge in [-0.2, -0.15) is 0 Å². The normalized spacial score (nSPS) is 22.3. The lowest BCUT2D eigenvalue weighted by Gasteiger charge is -2.32. The summed E-state index contributed by atoms with van der Waals surface area (Å²) in [6.45, 7) is 8.43. The molecule has 2 unspecified atom stereocenters. The Bertz CT molecular complexity index is 461. The smallest absolute Gasteiger partial charge is 0.127 e. The van der Waals surface area contributed by atoms with E-state index in [9.17, 15) is 0 Å². The van der Waals surface area contributed by atoms with Crippen LogP contribution in [0, 0.1) is 12.8 Å². The third-order valence-corrected chi connectivity index (χ3v) is 4.97. The van der Waals surface area contributed by atoms with Gasteiger partial charge in [-0.3, -0.25) is 0 Å². The molecule has 1 aliphatic rings. The van der Waals surface area contributed by atoms with Gasteiger partial charge in [-0.1, -0.05) is 36.2 Å². The largest absolute Gasteiger partial charge is 0.490 e. The minimum absolute atomic E-state index is 0.393. The summed E-state index contributed by atoms with van der Waals surface area (Å²) >= 11 is 3.61. The summed E-state index contributed by atoms with van der Waals surface area (Å²) in [5.41, 5.74) is 2.50. The zero-order valence-electron chi connectivity index (χ0n) is 13.5. The molecule has 0 radical (unpaired) electrons. The van der Waals surface area contributed by atoms with E-state index in [1.165, 1.54) is 43.2 Å². The maximum Gasteiger partial charge on any atom is 0.127 e. The van der Waals surface area contributed by atoms with Crippen LogP contribution in [0.2, 0.25) is 0 Å². The number of hydrogen-bond acceptors (Lipinski definition) is 2. The molecule has 118 valence electrons. The van der Waals surface area contributed by atoms with Crippen molar-refractivity contribution in [3.63, 3.8) is 0 Å². The van der Waals surface area contributed by atoms with Crippen molar-refractivity contribution in [3.05, 3.63) is 27.7 Å². The number of nitrogens with one attached hydrogen (secondary N) is 1. The summed E-state index contributed by atoms with van der Waals surface area (Å²) in [6.07, 6.45) is 6.81. The maximum atomic E-state index is 6.51. The van der Waals surface area contributed by atoms with Crippen LogP contribution in [0.25, 0.3) is 0 Å². The van der Waals surface area contributed by atoms with Gasteiger partial charge < -0.3 is 10.1 Å². The Morgan fingerprint density at radius 1 is 1.24 bits per heavy atom. The molecule has 2 nitrogen and oxygen atoms in total.